The molecule has 0 radical (unpaired) electrons. The molecule has 1 N–H and O–H groups in total. The van der Waals surface area contributed by atoms with Crippen LogP contribution in [0.3, 0.4) is 0 Å². The third kappa shape index (κ3) is 4.25. The lowest BCUT2D eigenvalue weighted by Crippen LogP contribution is -2.24. The molecular formula is C12H13NO5. The number of rotatable bonds is 5. The van der Waals surface area contributed by atoms with Crippen molar-refractivity contribution in [2.45, 2.75) is 13.0 Å². The van der Waals surface area contributed by atoms with Crippen molar-refractivity contribution in [3.63, 3.8) is 0 Å². The molecule has 96 valence electrons. The Morgan fingerprint density at radius 3 is 2.67 bits per heavy atom. The van der Waals surface area contributed by atoms with E-state index in [9.17, 15) is 9.59 Å². The number of hydrogen-bond donors (Lipinski definition) is 1. The summed E-state index contributed by atoms with van der Waals surface area (Å²) in [4.78, 5) is 25.4. The molecule has 18 heavy (non-hydrogen) atoms. The molecule has 6 heteroatoms. The molecule has 1 heterocycles. The van der Waals surface area contributed by atoms with Gasteiger partial charge in [0, 0.05) is 6.08 Å². The highest BCUT2D eigenvalue weighted by Crippen LogP contribution is 2.12. The number of carbonyl (C=O) groups excluding carboxylic acids is 1. The van der Waals surface area contributed by atoms with Gasteiger partial charge >= 0.3 is 11.9 Å². The zero-order valence-electron chi connectivity index (χ0n) is 9.99. The van der Waals surface area contributed by atoms with Gasteiger partial charge in [0.2, 0.25) is 0 Å². The number of pyridine rings is 1. The lowest BCUT2D eigenvalue weighted by Gasteiger charge is -2.11. The normalized spacial score (nSPS) is 12.1. The zero-order chi connectivity index (χ0) is 13.5. The van der Waals surface area contributed by atoms with Crippen molar-refractivity contribution in [3.05, 3.63) is 30.1 Å². The molecule has 6 nitrogen and oxygen atoms in total. The molecule has 1 atom stereocenters. The standard InChI is InChI=1S/C12H13NO5/c1-8(12(16)17-2)18-10-5-3-9(13-7-10)4-6-11(14)15/h3-8H,1-2H3,(H,14,15). The largest absolute Gasteiger partial charge is 0.478 e. The summed E-state index contributed by atoms with van der Waals surface area (Å²) in [5.74, 6) is -1.12. The SMILES string of the molecule is COC(=O)C(C)Oc1ccc(C=CC(=O)O)nc1. The van der Waals surface area contributed by atoms with Crippen molar-refractivity contribution in [1.29, 1.82) is 0 Å². The highest BCUT2D eigenvalue weighted by molar-refractivity contribution is 5.84. The van der Waals surface area contributed by atoms with Crippen molar-refractivity contribution in [2.24, 2.45) is 0 Å². The minimum absolute atomic E-state index is 0.403. The second-order valence-corrected chi connectivity index (χ2v) is 3.37. The van der Waals surface area contributed by atoms with E-state index in [1.807, 2.05) is 0 Å². The number of aliphatic carboxylic acids is 1. The fourth-order valence-corrected chi connectivity index (χ4v) is 1.13. The van der Waals surface area contributed by atoms with Crippen LogP contribution in [0.25, 0.3) is 6.08 Å². The van der Waals surface area contributed by atoms with E-state index in [2.05, 4.69) is 9.72 Å². The Morgan fingerprint density at radius 1 is 1.44 bits per heavy atom. The molecule has 0 amide bonds. The molecule has 1 aromatic rings. The Hall–Kier alpha value is -2.37. The molecule has 1 aromatic heterocycles. The van der Waals surface area contributed by atoms with Gasteiger partial charge in [-0.2, -0.15) is 0 Å². The van der Waals surface area contributed by atoms with Gasteiger partial charge in [0.1, 0.15) is 5.75 Å². The quantitative estimate of drug-likeness (QED) is 0.623. The van der Waals surface area contributed by atoms with Crippen LogP contribution in [0.1, 0.15) is 12.6 Å². The summed E-state index contributed by atoms with van der Waals surface area (Å²) in [5.41, 5.74) is 0.482. The van der Waals surface area contributed by atoms with E-state index in [1.165, 1.54) is 19.4 Å². The Bertz CT molecular complexity index is 452. The van der Waals surface area contributed by atoms with Crippen LogP contribution in [-0.4, -0.2) is 35.2 Å². The van der Waals surface area contributed by atoms with Gasteiger partial charge in [-0.15, -0.1) is 0 Å². The number of carboxylic acids is 1. The van der Waals surface area contributed by atoms with Crippen LogP contribution in [0, 0.1) is 0 Å². The second kappa shape index (κ2) is 6.39. The number of carboxylic acid groups (broad SMARTS) is 1. The van der Waals surface area contributed by atoms with Gasteiger partial charge in [-0.3, -0.25) is 4.98 Å². The van der Waals surface area contributed by atoms with E-state index in [0.29, 0.717) is 11.4 Å². The van der Waals surface area contributed by atoms with Crippen LogP contribution in [0.2, 0.25) is 0 Å². The van der Waals surface area contributed by atoms with Gasteiger partial charge in [0.15, 0.2) is 6.10 Å². The summed E-state index contributed by atoms with van der Waals surface area (Å²) < 4.78 is 9.78. The molecule has 0 saturated carbocycles. The summed E-state index contributed by atoms with van der Waals surface area (Å²) in [6.45, 7) is 1.56. The van der Waals surface area contributed by atoms with E-state index < -0.39 is 18.0 Å². The van der Waals surface area contributed by atoms with Crippen molar-refractivity contribution in [1.82, 2.24) is 4.98 Å². The molecule has 0 bridgehead atoms. The van der Waals surface area contributed by atoms with Gasteiger partial charge in [0.25, 0.3) is 0 Å². The lowest BCUT2D eigenvalue weighted by molar-refractivity contribution is -0.147. The molecular weight excluding hydrogens is 238 g/mol. The van der Waals surface area contributed by atoms with Crippen LogP contribution in [0.4, 0.5) is 0 Å². The van der Waals surface area contributed by atoms with Crippen LogP contribution < -0.4 is 4.74 Å². The first-order chi connectivity index (χ1) is 8.52. The summed E-state index contributed by atoms with van der Waals surface area (Å²) in [5, 5.41) is 8.45. The molecule has 0 saturated heterocycles. The predicted octanol–water partition coefficient (Wildman–Crippen LogP) is 1.12. The van der Waals surface area contributed by atoms with Crippen molar-refractivity contribution in [3.8, 4) is 5.75 Å². The summed E-state index contributed by atoms with van der Waals surface area (Å²) >= 11 is 0. The molecule has 0 aliphatic rings. The van der Waals surface area contributed by atoms with E-state index in [-0.39, 0.29) is 0 Å². The van der Waals surface area contributed by atoms with E-state index in [0.717, 1.165) is 6.08 Å². The second-order valence-electron chi connectivity index (χ2n) is 3.37. The monoisotopic (exact) mass is 251 g/mol. The van der Waals surface area contributed by atoms with Crippen LogP contribution in [0.5, 0.6) is 5.75 Å². The number of hydrogen-bond acceptors (Lipinski definition) is 5. The van der Waals surface area contributed by atoms with Crippen molar-refractivity contribution in [2.75, 3.05) is 7.11 Å². The Morgan fingerprint density at radius 2 is 2.17 bits per heavy atom. The predicted molar refractivity (Wildman–Crippen MR) is 63.0 cm³/mol. The molecule has 1 unspecified atom stereocenters. The van der Waals surface area contributed by atoms with Crippen LogP contribution in [0.15, 0.2) is 24.4 Å². The highest BCUT2D eigenvalue weighted by Gasteiger charge is 2.14. The van der Waals surface area contributed by atoms with Gasteiger partial charge in [-0.1, -0.05) is 0 Å². The molecule has 0 fully saturated rings. The van der Waals surface area contributed by atoms with E-state index >= 15 is 0 Å². The highest BCUT2D eigenvalue weighted by atomic mass is 16.6. The van der Waals surface area contributed by atoms with Gasteiger partial charge < -0.3 is 14.6 Å². The first-order valence-electron chi connectivity index (χ1n) is 5.14. The number of esters is 1. The van der Waals surface area contributed by atoms with Crippen LogP contribution >= 0.6 is 0 Å². The number of nitrogens with zero attached hydrogens (tertiary/aromatic N) is 1. The van der Waals surface area contributed by atoms with Crippen LogP contribution in [-0.2, 0) is 14.3 Å². The summed E-state index contributed by atoms with van der Waals surface area (Å²) in [6.07, 6.45) is 3.02. The third-order valence-electron chi connectivity index (χ3n) is 2.00. The maximum absolute atomic E-state index is 11.1. The number of carbonyl (C=O) groups is 2. The average Bonchev–Trinajstić information content (AvgIpc) is 2.36. The molecule has 0 aromatic carbocycles. The minimum Gasteiger partial charge on any atom is -0.478 e. The zero-order valence-corrected chi connectivity index (χ0v) is 9.99. The van der Waals surface area contributed by atoms with Gasteiger partial charge in [-0.05, 0) is 25.1 Å². The molecule has 0 aliphatic heterocycles. The van der Waals surface area contributed by atoms with E-state index in [1.54, 1.807) is 19.1 Å². The first-order valence-corrected chi connectivity index (χ1v) is 5.14. The topological polar surface area (TPSA) is 85.7 Å². The lowest BCUT2D eigenvalue weighted by atomic mass is 10.3. The molecule has 1 rings (SSSR count). The number of methoxy groups -OCH3 is 1. The van der Waals surface area contributed by atoms with E-state index in [4.69, 9.17) is 9.84 Å². The van der Waals surface area contributed by atoms with Gasteiger partial charge in [-0.25, -0.2) is 9.59 Å². The van der Waals surface area contributed by atoms with Crippen molar-refractivity contribution < 1.29 is 24.2 Å². The minimum atomic E-state index is -1.04. The fourth-order valence-electron chi connectivity index (χ4n) is 1.13. The molecule has 0 aliphatic carbocycles. The maximum atomic E-state index is 11.1. The molecule has 0 spiro atoms. The Labute approximate surface area is 104 Å². The summed E-state index contributed by atoms with van der Waals surface area (Å²) in [6, 6.07) is 3.17. The Balaban J connectivity index is 2.66. The number of ether oxygens (including phenoxy) is 2. The smallest absolute Gasteiger partial charge is 0.346 e. The van der Waals surface area contributed by atoms with Crippen molar-refractivity contribution >= 4 is 18.0 Å². The third-order valence-corrected chi connectivity index (χ3v) is 2.00. The summed E-state index contributed by atoms with van der Waals surface area (Å²) in [7, 11) is 1.28. The van der Waals surface area contributed by atoms with Gasteiger partial charge in [0.05, 0.1) is 19.0 Å². The fraction of sp³-hybridized carbons (Fsp3) is 0.250. The number of aromatic nitrogens is 1. The Kier molecular flexibility index (Phi) is 4.86. The first kappa shape index (κ1) is 13.7. The average molecular weight is 251 g/mol. The maximum Gasteiger partial charge on any atom is 0.346 e.